The van der Waals surface area contributed by atoms with Crippen molar-refractivity contribution in [1.82, 2.24) is 0 Å². The van der Waals surface area contributed by atoms with Gasteiger partial charge in [0.1, 0.15) is 5.75 Å². The first kappa shape index (κ1) is 10.7. The summed E-state index contributed by atoms with van der Waals surface area (Å²) in [5.41, 5.74) is 4.74. The van der Waals surface area contributed by atoms with Gasteiger partial charge in [0.2, 0.25) is 0 Å². The maximum Gasteiger partial charge on any atom is 0.416 e. The van der Waals surface area contributed by atoms with Crippen molar-refractivity contribution in [3.8, 4) is 5.75 Å². The summed E-state index contributed by atoms with van der Waals surface area (Å²) in [5.74, 6) is 0.260. The lowest BCUT2D eigenvalue weighted by Gasteiger charge is -2.13. The fraction of sp³-hybridized carbons (Fsp3) is 0.333. The monoisotopic (exact) mass is 205 g/mol. The third kappa shape index (κ3) is 1.92. The Balaban J connectivity index is 3.29. The van der Waals surface area contributed by atoms with Gasteiger partial charge in [-0.05, 0) is 24.6 Å². The number of halogens is 3. The van der Waals surface area contributed by atoms with Crippen molar-refractivity contribution >= 4 is 5.69 Å². The highest BCUT2D eigenvalue weighted by atomic mass is 19.4. The van der Waals surface area contributed by atoms with Gasteiger partial charge in [-0.3, -0.25) is 0 Å². The number of nitrogen functional groups attached to an aromatic ring is 1. The Morgan fingerprint density at radius 3 is 2.29 bits per heavy atom. The van der Waals surface area contributed by atoms with E-state index in [9.17, 15) is 13.2 Å². The molecule has 0 spiro atoms. The van der Waals surface area contributed by atoms with Crippen LogP contribution in [0.25, 0.3) is 0 Å². The molecule has 0 aliphatic rings. The summed E-state index contributed by atoms with van der Waals surface area (Å²) in [6.45, 7) is 1.37. The van der Waals surface area contributed by atoms with E-state index in [0.717, 1.165) is 6.07 Å². The van der Waals surface area contributed by atoms with E-state index in [4.69, 9.17) is 10.5 Å². The number of ether oxygens (including phenoxy) is 1. The van der Waals surface area contributed by atoms with Crippen LogP contribution in [0.4, 0.5) is 18.9 Å². The highest BCUT2D eigenvalue weighted by Gasteiger charge is 2.33. The molecule has 2 nitrogen and oxygen atoms in total. The van der Waals surface area contributed by atoms with E-state index in [1.165, 1.54) is 20.1 Å². The third-order valence-electron chi connectivity index (χ3n) is 1.88. The molecule has 0 aliphatic heterocycles. The Morgan fingerprint density at radius 1 is 1.29 bits per heavy atom. The molecule has 5 heteroatoms. The van der Waals surface area contributed by atoms with Crippen molar-refractivity contribution in [3.63, 3.8) is 0 Å². The number of rotatable bonds is 1. The molecule has 1 aromatic carbocycles. The molecular formula is C9H10F3NO. The maximum atomic E-state index is 12.4. The third-order valence-corrected chi connectivity index (χ3v) is 1.88. The summed E-state index contributed by atoms with van der Waals surface area (Å²) in [5, 5.41) is 0. The molecule has 14 heavy (non-hydrogen) atoms. The standard InChI is InChI=1S/C9H10F3NO/c1-5-3-8(14-2)7(13)4-6(5)9(10,11)12/h3-4H,13H2,1-2H3. The van der Waals surface area contributed by atoms with Crippen LogP contribution in [-0.2, 0) is 6.18 Å². The first-order valence-electron chi connectivity index (χ1n) is 3.87. The van der Waals surface area contributed by atoms with Crippen molar-refractivity contribution in [2.75, 3.05) is 12.8 Å². The lowest BCUT2D eigenvalue weighted by atomic mass is 10.1. The summed E-state index contributed by atoms with van der Waals surface area (Å²) in [6.07, 6.45) is -4.37. The van der Waals surface area contributed by atoms with Crippen LogP contribution in [0, 0.1) is 6.92 Å². The first-order chi connectivity index (χ1) is 6.36. The van der Waals surface area contributed by atoms with Gasteiger partial charge in [-0.15, -0.1) is 0 Å². The van der Waals surface area contributed by atoms with Gasteiger partial charge in [0.05, 0.1) is 18.4 Å². The SMILES string of the molecule is COc1cc(C)c(C(F)(F)F)cc1N. The lowest BCUT2D eigenvalue weighted by molar-refractivity contribution is -0.138. The number of aryl methyl sites for hydroxylation is 1. The molecular weight excluding hydrogens is 195 g/mol. The average molecular weight is 205 g/mol. The van der Waals surface area contributed by atoms with Crippen LogP contribution in [0.2, 0.25) is 0 Å². The number of nitrogens with two attached hydrogens (primary N) is 1. The molecule has 0 amide bonds. The van der Waals surface area contributed by atoms with Gasteiger partial charge in [-0.1, -0.05) is 0 Å². The number of benzene rings is 1. The van der Waals surface area contributed by atoms with Crippen molar-refractivity contribution < 1.29 is 17.9 Å². The fourth-order valence-electron chi connectivity index (χ4n) is 1.18. The van der Waals surface area contributed by atoms with Crippen LogP contribution < -0.4 is 10.5 Å². The van der Waals surface area contributed by atoms with E-state index < -0.39 is 11.7 Å². The molecule has 2 N–H and O–H groups in total. The highest BCUT2D eigenvalue weighted by Crippen LogP contribution is 2.36. The summed E-state index contributed by atoms with van der Waals surface area (Å²) in [4.78, 5) is 0. The smallest absolute Gasteiger partial charge is 0.416 e. The summed E-state index contributed by atoms with van der Waals surface area (Å²) in [6, 6.07) is 2.16. The zero-order valence-electron chi connectivity index (χ0n) is 7.77. The van der Waals surface area contributed by atoms with Gasteiger partial charge in [-0.2, -0.15) is 13.2 Å². The van der Waals surface area contributed by atoms with E-state index in [1.807, 2.05) is 0 Å². The molecule has 0 fully saturated rings. The van der Waals surface area contributed by atoms with Gasteiger partial charge < -0.3 is 10.5 Å². The normalized spacial score (nSPS) is 11.5. The molecule has 0 saturated carbocycles. The molecule has 78 valence electrons. The van der Waals surface area contributed by atoms with Crippen LogP contribution in [0.1, 0.15) is 11.1 Å². The van der Waals surface area contributed by atoms with Crippen LogP contribution in [0.3, 0.4) is 0 Å². The summed E-state index contributed by atoms with van der Waals surface area (Å²) in [7, 11) is 1.36. The second-order valence-electron chi connectivity index (χ2n) is 2.91. The van der Waals surface area contributed by atoms with Gasteiger partial charge in [0.15, 0.2) is 0 Å². The molecule has 0 atom stereocenters. The average Bonchev–Trinajstić information content (AvgIpc) is 2.06. The second kappa shape index (κ2) is 3.40. The molecule has 0 aromatic heterocycles. The largest absolute Gasteiger partial charge is 0.495 e. The van der Waals surface area contributed by atoms with Crippen LogP contribution in [-0.4, -0.2) is 7.11 Å². The molecule has 0 saturated heterocycles. The Hall–Kier alpha value is -1.39. The van der Waals surface area contributed by atoms with Crippen LogP contribution in [0.5, 0.6) is 5.75 Å². The molecule has 0 heterocycles. The molecule has 0 unspecified atom stereocenters. The van der Waals surface area contributed by atoms with Gasteiger partial charge >= 0.3 is 6.18 Å². The molecule has 1 rings (SSSR count). The van der Waals surface area contributed by atoms with Gasteiger partial charge in [0.25, 0.3) is 0 Å². The highest BCUT2D eigenvalue weighted by molar-refractivity contribution is 5.57. The number of hydrogen-bond acceptors (Lipinski definition) is 2. The van der Waals surface area contributed by atoms with E-state index in [2.05, 4.69) is 0 Å². The van der Waals surface area contributed by atoms with Crippen molar-refractivity contribution in [3.05, 3.63) is 23.3 Å². The Kier molecular flexibility index (Phi) is 2.59. The second-order valence-corrected chi connectivity index (χ2v) is 2.91. The van der Waals surface area contributed by atoms with E-state index in [-0.39, 0.29) is 17.0 Å². The first-order valence-corrected chi connectivity index (χ1v) is 3.87. The van der Waals surface area contributed by atoms with Crippen LogP contribution in [0.15, 0.2) is 12.1 Å². The predicted molar refractivity (Wildman–Crippen MR) is 47.1 cm³/mol. The minimum atomic E-state index is -4.37. The lowest BCUT2D eigenvalue weighted by Crippen LogP contribution is -2.08. The summed E-state index contributed by atoms with van der Waals surface area (Å²) < 4.78 is 41.9. The summed E-state index contributed by atoms with van der Waals surface area (Å²) >= 11 is 0. The molecule has 0 bridgehead atoms. The predicted octanol–water partition coefficient (Wildman–Crippen LogP) is 2.60. The maximum absolute atomic E-state index is 12.4. The fourth-order valence-corrected chi connectivity index (χ4v) is 1.18. The zero-order chi connectivity index (χ0) is 10.9. The Morgan fingerprint density at radius 2 is 1.86 bits per heavy atom. The molecule has 0 aliphatic carbocycles. The number of alkyl halides is 3. The van der Waals surface area contributed by atoms with E-state index in [0.29, 0.717) is 0 Å². The van der Waals surface area contributed by atoms with Crippen molar-refractivity contribution in [2.24, 2.45) is 0 Å². The zero-order valence-corrected chi connectivity index (χ0v) is 7.77. The quantitative estimate of drug-likeness (QED) is 0.715. The minimum Gasteiger partial charge on any atom is -0.495 e. The Bertz CT molecular complexity index is 347. The van der Waals surface area contributed by atoms with Crippen molar-refractivity contribution in [1.29, 1.82) is 0 Å². The minimum absolute atomic E-state index is 0.00887. The topological polar surface area (TPSA) is 35.2 Å². The number of anilines is 1. The van der Waals surface area contributed by atoms with Gasteiger partial charge in [-0.25, -0.2) is 0 Å². The van der Waals surface area contributed by atoms with Crippen LogP contribution >= 0.6 is 0 Å². The molecule has 0 radical (unpaired) electrons. The number of methoxy groups -OCH3 is 1. The van der Waals surface area contributed by atoms with Gasteiger partial charge in [0, 0.05) is 0 Å². The Labute approximate surface area is 79.5 Å². The van der Waals surface area contributed by atoms with E-state index in [1.54, 1.807) is 0 Å². The van der Waals surface area contributed by atoms with Crippen molar-refractivity contribution in [2.45, 2.75) is 13.1 Å². The van der Waals surface area contributed by atoms with E-state index >= 15 is 0 Å². The number of hydrogen-bond donors (Lipinski definition) is 1. The molecule has 1 aromatic rings.